The molecular formula is C24H33NO3. The Morgan fingerprint density at radius 3 is 1.57 bits per heavy atom. The molecule has 4 nitrogen and oxygen atoms in total. The third kappa shape index (κ3) is 4.49. The van der Waals surface area contributed by atoms with Gasteiger partial charge in [0.1, 0.15) is 11.5 Å². The maximum Gasteiger partial charge on any atom is 0.234 e. The predicted molar refractivity (Wildman–Crippen MR) is 114 cm³/mol. The third-order valence-electron chi connectivity index (χ3n) is 5.12. The zero-order valence-corrected chi connectivity index (χ0v) is 18.0. The number of hydrogen-bond donors (Lipinski definition) is 2. The summed E-state index contributed by atoms with van der Waals surface area (Å²) < 4.78 is 0. The highest BCUT2D eigenvalue weighted by Crippen LogP contribution is 2.40. The van der Waals surface area contributed by atoms with E-state index in [-0.39, 0.29) is 17.4 Å². The molecule has 0 fully saturated rings. The van der Waals surface area contributed by atoms with E-state index < -0.39 is 5.92 Å². The van der Waals surface area contributed by atoms with E-state index in [1.54, 1.807) is 0 Å². The molecule has 0 unspecified atom stereocenters. The highest BCUT2D eigenvalue weighted by Gasteiger charge is 2.32. The van der Waals surface area contributed by atoms with Gasteiger partial charge < -0.3 is 15.1 Å². The van der Waals surface area contributed by atoms with Gasteiger partial charge in [0.25, 0.3) is 0 Å². The minimum absolute atomic E-state index is 0.0794. The summed E-state index contributed by atoms with van der Waals surface area (Å²) in [6.45, 7) is 13.0. The number of aromatic hydroxyl groups is 2. The molecule has 2 aromatic rings. The minimum atomic E-state index is -0.740. The fourth-order valence-electron chi connectivity index (χ4n) is 3.91. The fourth-order valence-corrected chi connectivity index (χ4v) is 3.91. The van der Waals surface area contributed by atoms with Gasteiger partial charge in [-0.25, -0.2) is 0 Å². The number of nitrogens with zero attached hydrogens (tertiary/aromatic N) is 1. The van der Waals surface area contributed by atoms with Crippen LogP contribution in [0.5, 0.6) is 11.5 Å². The number of benzene rings is 2. The van der Waals surface area contributed by atoms with E-state index in [9.17, 15) is 15.0 Å². The van der Waals surface area contributed by atoms with Crippen LogP contribution in [0.15, 0.2) is 24.3 Å². The van der Waals surface area contributed by atoms with Crippen molar-refractivity contribution in [2.24, 2.45) is 0 Å². The largest absolute Gasteiger partial charge is 0.507 e. The Bertz CT molecular complexity index is 794. The summed E-state index contributed by atoms with van der Waals surface area (Å²) in [6, 6.07) is 7.52. The molecule has 2 rings (SSSR count). The lowest BCUT2D eigenvalue weighted by Gasteiger charge is -2.29. The molecule has 4 heteroatoms. The van der Waals surface area contributed by atoms with Crippen molar-refractivity contribution >= 4 is 5.91 Å². The van der Waals surface area contributed by atoms with Crippen molar-refractivity contribution < 1.29 is 15.0 Å². The van der Waals surface area contributed by atoms with Crippen LogP contribution in [0.1, 0.15) is 66.0 Å². The van der Waals surface area contributed by atoms with E-state index in [2.05, 4.69) is 0 Å². The molecule has 0 saturated carbocycles. The average molecular weight is 384 g/mol. The van der Waals surface area contributed by atoms with Crippen molar-refractivity contribution in [2.75, 3.05) is 13.1 Å². The first kappa shape index (κ1) is 21.8. The summed E-state index contributed by atoms with van der Waals surface area (Å²) in [5, 5.41) is 21.6. The molecule has 2 aromatic carbocycles. The van der Waals surface area contributed by atoms with Crippen molar-refractivity contribution in [1.82, 2.24) is 4.90 Å². The maximum absolute atomic E-state index is 13.7. The Hall–Kier alpha value is -2.49. The lowest BCUT2D eigenvalue weighted by atomic mass is 9.85. The summed E-state index contributed by atoms with van der Waals surface area (Å²) in [4.78, 5) is 15.5. The van der Waals surface area contributed by atoms with Gasteiger partial charge in [-0.1, -0.05) is 49.2 Å². The Morgan fingerprint density at radius 1 is 0.821 bits per heavy atom. The second-order valence-electron chi connectivity index (χ2n) is 7.80. The maximum atomic E-state index is 13.7. The van der Waals surface area contributed by atoms with Gasteiger partial charge in [-0.3, -0.25) is 4.79 Å². The summed E-state index contributed by atoms with van der Waals surface area (Å²) in [7, 11) is 0. The molecule has 0 atom stereocenters. The van der Waals surface area contributed by atoms with Crippen molar-refractivity contribution in [3.05, 3.63) is 57.6 Å². The van der Waals surface area contributed by atoms with Gasteiger partial charge in [0.2, 0.25) is 5.91 Å². The monoisotopic (exact) mass is 383 g/mol. The van der Waals surface area contributed by atoms with Gasteiger partial charge >= 0.3 is 0 Å². The SMILES string of the molecule is CCCN(CCC)C(=O)C(c1cc(C)cc(C)c1O)c1cc(C)cc(C)c1O. The lowest BCUT2D eigenvalue weighted by Crippen LogP contribution is -2.37. The van der Waals surface area contributed by atoms with Crippen LogP contribution in [0.4, 0.5) is 0 Å². The standard InChI is InChI=1S/C24H33NO3/c1-7-9-25(10-8-2)24(28)21(19-13-15(3)11-17(5)22(19)26)20-14-16(4)12-18(6)23(20)27/h11-14,21,26-27H,7-10H2,1-6H3. The topological polar surface area (TPSA) is 60.8 Å². The number of carbonyl (C=O) groups is 1. The van der Waals surface area contributed by atoms with E-state index in [1.165, 1.54) is 0 Å². The van der Waals surface area contributed by atoms with Gasteiger partial charge in [0.15, 0.2) is 0 Å². The Balaban J connectivity index is 2.75. The number of carbonyl (C=O) groups excluding carboxylic acids is 1. The minimum Gasteiger partial charge on any atom is -0.507 e. The zero-order chi connectivity index (χ0) is 21.0. The quantitative estimate of drug-likeness (QED) is 0.698. The van der Waals surface area contributed by atoms with Gasteiger partial charge in [-0.2, -0.15) is 0 Å². The second-order valence-corrected chi connectivity index (χ2v) is 7.80. The summed E-state index contributed by atoms with van der Waals surface area (Å²) in [5.74, 6) is -0.578. The molecule has 0 aliphatic carbocycles. The van der Waals surface area contributed by atoms with Crippen molar-refractivity contribution in [2.45, 2.75) is 60.3 Å². The fraction of sp³-hybridized carbons (Fsp3) is 0.458. The summed E-state index contributed by atoms with van der Waals surface area (Å²) >= 11 is 0. The van der Waals surface area contributed by atoms with Crippen molar-refractivity contribution in [1.29, 1.82) is 0 Å². The molecule has 1 amide bonds. The molecule has 152 valence electrons. The van der Waals surface area contributed by atoms with Crippen LogP contribution in [0.25, 0.3) is 0 Å². The van der Waals surface area contributed by atoms with Crippen molar-refractivity contribution in [3.63, 3.8) is 0 Å². The number of aryl methyl sites for hydroxylation is 4. The number of phenols is 2. The van der Waals surface area contributed by atoms with E-state index >= 15 is 0 Å². The molecule has 0 bridgehead atoms. The molecule has 2 N–H and O–H groups in total. The van der Waals surface area contributed by atoms with Crippen LogP contribution in [0.2, 0.25) is 0 Å². The van der Waals surface area contributed by atoms with E-state index in [0.29, 0.717) is 24.2 Å². The lowest BCUT2D eigenvalue weighted by molar-refractivity contribution is -0.132. The number of hydrogen-bond acceptors (Lipinski definition) is 3. The average Bonchev–Trinajstić information content (AvgIpc) is 2.62. The first-order valence-corrected chi connectivity index (χ1v) is 10.1. The van der Waals surface area contributed by atoms with E-state index in [1.807, 2.05) is 70.7 Å². The smallest absolute Gasteiger partial charge is 0.234 e. The van der Waals surface area contributed by atoms with Crippen LogP contribution < -0.4 is 0 Å². The number of amides is 1. The molecular weight excluding hydrogens is 350 g/mol. The van der Waals surface area contributed by atoms with E-state index in [0.717, 1.165) is 35.1 Å². The summed E-state index contributed by atoms with van der Waals surface area (Å²) in [5.41, 5.74) is 4.53. The van der Waals surface area contributed by atoms with Crippen molar-refractivity contribution in [3.8, 4) is 11.5 Å². The van der Waals surface area contributed by atoms with E-state index in [4.69, 9.17) is 0 Å². The van der Waals surface area contributed by atoms with Gasteiger partial charge in [-0.15, -0.1) is 0 Å². The predicted octanol–water partition coefficient (Wildman–Crippen LogP) is 5.11. The number of rotatable bonds is 7. The van der Waals surface area contributed by atoms with Crippen LogP contribution in [-0.2, 0) is 4.79 Å². The van der Waals surface area contributed by atoms with Crippen LogP contribution in [0, 0.1) is 27.7 Å². The molecule has 0 saturated heterocycles. The molecule has 0 heterocycles. The molecule has 0 aromatic heterocycles. The normalized spacial score (nSPS) is 11.1. The van der Waals surface area contributed by atoms with Crippen LogP contribution in [-0.4, -0.2) is 34.1 Å². The summed E-state index contributed by atoms with van der Waals surface area (Å²) in [6.07, 6.45) is 1.71. The molecule has 0 spiro atoms. The van der Waals surface area contributed by atoms with Gasteiger partial charge in [-0.05, 0) is 51.7 Å². The highest BCUT2D eigenvalue weighted by molar-refractivity contribution is 5.89. The van der Waals surface area contributed by atoms with Crippen LogP contribution in [0.3, 0.4) is 0 Å². The van der Waals surface area contributed by atoms with Crippen LogP contribution >= 0.6 is 0 Å². The zero-order valence-electron chi connectivity index (χ0n) is 18.0. The Morgan fingerprint density at radius 2 is 1.21 bits per heavy atom. The first-order valence-electron chi connectivity index (χ1n) is 10.1. The third-order valence-corrected chi connectivity index (χ3v) is 5.12. The molecule has 28 heavy (non-hydrogen) atoms. The Labute approximate surface area is 168 Å². The molecule has 0 radical (unpaired) electrons. The number of phenolic OH excluding ortho intramolecular Hbond substituents is 2. The first-order chi connectivity index (χ1) is 13.2. The van der Waals surface area contributed by atoms with Gasteiger partial charge in [0.05, 0.1) is 5.92 Å². The molecule has 0 aliphatic rings. The second kappa shape index (κ2) is 9.13. The highest BCUT2D eigenvalue weighted by atomic mass is 16.3. The molecule has 0 aliphatic heterocycles. The van der Waals surface area contributed by atoms with Gasteiger partial charge in [0, 0.05) is 24.2 Å². The Kier molecular flexibility index (Phi) is 7.11.